The van der Waals surface area contributed by atoms with Crippen LogP contribution >= 0.6 is 0 Å². The summed E-state index contributed by atoms with van der Waals surface area (Å²) in [6, 6.07) is 38.7. The molecule has 6 aromatic rings. The molecule has 0 bridgehead atoms. The van der Waals surface area contributed by atoms with Gasteiger partial charge >= 0.3 is 17.9 Å². The maximum absolute atomic E-state index is 12.5. The molecule has 0 spiro atoms. The quantitative estimate of drug-likeness (QED) is 0.0202. The second-order valence-corrected chi connectivity index (χ2v) is 15.4. The average Bonchev–Trinajstić information content (AvgIpc) is 3.39. The van der Waals surface area contributed by atoms with Crippen LogP contribution < -0.4 is 23.7 Å². The van der Waals surface area contributed by atoms with Crippen LogP contribution in [0.2, 0.25) is 0 Å². The van der Waals surface area contributed by atoms with Crippen LogP contribution in [0, 0.1) is 0 Å². The minimum Gasteiger partial charge on any atom is -0.508 e. The zero-order chi connectivity index (χ0) is 52.6. The smallest absolute Gasteiger partial charge is 0.338 e. The number of ketones is 3. The number of esters is 3. The van der Waals surface area contributed by atoms with Gasteiger partial charge in [0.15, 0.2) is 17.3 Å². The van der Waals surface area contributed by atoms with Crippen molar-refractivity contribution < 1.29 is 72.5 Å². The van der Waals surface area contributed by atoms with E-state index in [2.05, 4.69) is 19.7 Å². The van der Waals surface area contributed by atoms with E-state index < -0.39 is 17.9 Å². The summed E-state index contributed by atoms with van der Waals surface area (Å²) >= 11 is 0. The fraction of sp³-hybridized carbons (Fsp3) is 0.158. The van der Waals surface area contributed by atoms with Crippen molar-refractivity contribution in [2.75, 3.05) is 39.6 Å². The fourth-order valence-electron chi connectivity index (χ4n) is 5.70. The summed E-state index contributed by atoms with van der Waals surface area (Å²) in [4.78, 5) is 71.2. The lowest BCUT2D eigenvalue weighted by molar-refractivity contribution is -0.139. The van der Waals surface area contributed by atoms with E-state index in [1.54, 1.807) is 154 Å². The Hall–Kier alpha value is -8.92. The summed E-state index contributed by atoms with van der Waals surface area (Å²) < 4.78 is 31.1. The fourth-order valence-corrected chi connectivity index (χ4v) is 5.70. The van der Waals surface area contributed by atoms with Gasteiger partial charge in [0.05, 0.1) is 13.2 Å². The Bertz CT molecular complexity index is 2810. The molecule has 15 heteroatoms. The Balaban J connectivity index is 0.000000236. The highest BCUT2D eigenvalue weighted by Crippen LogP contribution is 2.22. The molecule has 0 saturated carbocycles. The van der Waals surface area contributed by atoms with Crippen LogP contribution in [0.4, 0.5) is 0 Å². The maximum atomic E-state index is 12.5. The van der Waals surface area contributed by atoms with Crippen molar-refractivity contribution in [2.45, 2.75) is 20.8 Å². The van der Waals surface area contributed by atoms with Crippen LogP contribution in [-0.4, -0.2) is 90.2 Å². The summed E-state index contributed by atoms with van der Waals surface area (Å²) in [7, 11) is 0. The number of hydrogen-bond acceptors (Lipinski definition) is 15. The summed E-state index contributed by atoms with van der Waals surface area (Å²) in [6.45, 7) is 15.8. The minimum atomic E-state index is -0.507. The molecule has 0 atom stereocenters. The van der Waals surface area contributed by atoms with Gasteiger partial charge in [0.1, 0.15) is 60.9 Å². The van der Waals surface area contributed by atoms with Gasteiger partial charge in [-0.05, 0) is 166 Å². The number of phenols is 1. The highest BCUT2D eigenvalue weighted by molar-refractivity contribution is 6.10. The number of aliphatic hydroxyl groups is 2. The van der Waals surface area contributed by atoms with Gasteiger partial charge in [-0.25, -0.2) is 14.4 Å². The second-order valence-electron chi connectivity index (χ2n) is 15.4. The molecule has 0 heterocycles. The third kappa shape index (κ3) is 18.2. The highest BCUT2D eigenvalue weighted by Gasteiger charge is 2.14. The predicted octanol–water partition coefficient (Wildman–Crippen LogP) is 8.66. The Morgan fingerprint density at radius 1 is 0.361 bits per heavy atom. The molecule has 0 aliphatic carbocycles. The standard InChI is InChI=1S/C21H22O6.C19H18O5.C17H14O4/c1-15(2)21(24)27-14-13-26-19-9-5-17(6-10-19)20(23)16-3-7-18(8-4-16)25-12-11-22;1-13(2)19(22)24-17-9-5-15(6-10-17)18(21)14-3-7-16(8-4-14)23-12-11-20;1-11(2)17(20)21-15-9-5-13(6-10-15)16(19)12-3-7-14(18)8-4-12/h3-10,22H,1,11-14H2,2H3;3-10,20H,1,11-12H2,2H3;3-10,18H,1H2,2H3. The van der Waals surface area contributed by atoms with Crippen LogP contribution in [-0.2, 0) is 19.1 Å². The molecule has 0 aliphatic heterocycles. The van der Waals surface area contributed by atoms with E-state index >= 15 is 0 Å². The second kappa shape index (κ2) is 28.5. The molecule has 15 nitrogen and oxygen atoms in total. The molecule has 0 unspecified atom stereocenters. The normalized spacial score (nSPS) is 10.1. The first-order chi connectivity index (χ1) is 34.5. The lowest BCUT2D eigenvalue weighted by Crippen LogP contribution is -2.12. The van der Waals surface area contributed by atoms with E-state index in [0.29, 0.717) is 78.8 Å². The topological polar surface area (TPSA) is 218 Å². The first-order valence-corrected chi connectivity index (χ1v) is 22.1. The monoisotopic (exact) mass is 978 g/mol. The third-order valence-electron chi connectivity index (χ3n) is 9.48. The van der Waals surface area contributed by atoms with E-state index in [9.17, 15) is 33.9 Å². The largest absolute Gasteiger partial charge is 0.508 e. The molecule has 6 aromatic carbocycles. The molecule has 0 fully saturated rings. The van der Waals surface area contributed by atoms with E-state index in [-0.39, 0.29) is 62.7 Å². The van der Waals surface area contributed by atoms with Crippen molar-refractivity contribution in [2.24, 2.45) is 0 Å². The van der Waals surface area contributed by atoms with Crippen LogP contribution in [0.5, 0.6) is 34.5 Å². The van der Waals surface area contributed by atoms with Gasteiger partial charge in [-0.3, -0.25) is 14.4 Å². The van der Waals surface area contributed by atoms with E-state index in [4.69, 9.17) is 38.6 Å². The first kappa shape index (κ1) is 55.7. The van der Waals surface area contributed by atoms with Crippen LogP contribution in [0.3, 0.4) is 0 Å². The maximum Gasteiger partial charge on any atom is 0.338 e. The molecular weight excluding hydrogens is 925 g/mol. The first-order valence-electron chi connectivity index (χ1n) is 22.1. The zero-order valence-corrected chi connectivity index (χ0v) is 40.0. The van der Waals surface area contributed by atoms with Crippen molar-refractivity contribution in [3.63, 3.8) is 0 Å². The van der Waals surface area contributed by atoms with Crippen molar-refractivity contribution in [3.05, 3.63) is 215 Å². The Morgan fingerprint density at radius 3 is 0.875 bits per heavy atom. The van der Waals surface area contributed by atoms with Gasteiger partial charge in [0.25, 0.3) is 0 Å². The van der Waals surface area contributed by atoms with Gasteiger partial charge in [-0.15, -0.1) is 0 Å². The van der Waals surface area contributed by atoms with Crippen molar-refractivity contribution in [1.29, 1.82) is 0 Å². The van der Waals surface area contributed by atoms with Gasteiger partial charge in [-0.1, -0.05) is 19.7 Å². The number of hydrogen-bond donors (Lipinski definition) is 3. The molecule has 372 valence electrons. The molecule has 6 rings (SSSR count). The van der Waals surface area contributed by atoms with Crippen LogP contribution in [0.15, 0.2) is 182 Å². The molecule has 0 aliphatic rings. The number of carbonyl (C=O) groups excluding carboxylic acids is 6. The van der Waals surface area contributed by atoms with Crippen molar-refractivity contribution >= 4 is 35.3 Å². The summed E-state index contributed by atoms with van der Waals surface area (Å²) in [6.07, 6.45) is 0. The number of aromatic hydroxyl groups is 1. The minimum absolute atomic E-state index is 0.0641. The van der Waals surface area contributed by atoms with Crippen LogP contribution in [0.25, 0.3) is 0 Å². The third-order valence-corrected chi connectivity index (χ3v) is 9.48. The number of ether oxygens (including phenoxy) is 6. The highest BCUT2D eigenvalue weighted by atomic mass is 16.6. The van der Waals surface area contributed by atoms with Crippen molar-refractivity contribution in [3.8, 4) is 34.5 Å². The van der Waals surface area contributed by atoms with Crippen LogP contribution in [0.1, 0.15) is 68.5 Å². The number of rotatable bonds is 21. The molecule has 0 radical (unpaired) electrons. The molecule has 3 N–H and O–H groups in total. The van der Waals surface area contributed by atoms with Gasteiger partial charge in [0.2, 0.25) is 0 Å². The SMILES string of the molecule is C=C(C)C(=O)OCCOc1ccc(C(=O)c2ccc(OCCO)cc2)cc1.C=C(C)C(=O)Oc1ccc(C(=O)c2ccc(O)cc2)cc1.C=C(C)C(=O)Oc1ccc(C(=O)c2ccc(OCCO)cc2)cc1. The predicted molar refractivity (Wildman–Crippen MR) is 268 cm³/mol. The van der Waals surface area contributed by atoms with Crippen molar-refractivity contribution in [1.82, 2.24) is 0 Å². The molecule has 0 aromatic heterocycles. The van der Waals surface area contributed by atoms with E-state index in [0.717, 1.165) is 0 Å². The number of carbonyl (C=O) groups is 6. The Kier molecular flexibility index (Phi) is 22.1. The van der Waals surface area contributed by atoms with E-state index in [1.165, 1.54) is 12.1 Å². The van der Waals surface area contributed by atoms with E-state index in [1.807, 2.05) is 0 Å². The molecule has 72 heavy (non-hydrogen) atoms. The summed E-state index contributed by atoms with van der Waals surface area (Å²) in [5, 5.41) is 26.7. The lowest BCUT2D eigenvalue weighted by atomic mass is 10.0. The van der Waals surface area contributed by atoms with Gasteiger partial charge < -0.3 is 43.7 Å². The molecule has 0 amide bonds. The number of benzene rings is 6. The Morgan fingerprint density at radius 2 is 0.611 bits per heavy atom. The van der Waals surface area contributed by atoms with Gasteiger partial charge in [-0.2, -0.15) is 0 Å². The Labute approximate surface area is 416 Å². The molecular formula is C57H54O15. The lowest BCUT2D eigenvalue weighted by Gasteiger charge is -2.08. The molecule has 0 saturated heterocycles. The summed E-state index contributed by atoms with van der Waals surface area (Å²) in [5.74, 6) is 0.656. The average molecular weight is 979 g/mol. The van der Waals surface area contributed by atoms with Gasteiger partial charge in [0, 0.05) is 50.1 Å². The number of aliphatic hydroxyl groups excluding tert-OH is 2. The number of phenolic OH excluding ortho intramolecular Hbond substituents is 1. The summed E-state index contributed by atoms with van der Waals surface area (Å²) in [5.41, 5.74) is 3.94. The zero-order valence-electron chi connectivity index (χ0n) is 40.0.